The maximum atomic E-state index is 12.4. The van der Waals surface area contributed by atoms with Crippen molar-refractivity contribution >= 4 is 27.7 Å². The van der Waals surface area contributed by atoms with E-state index in [4.69, 9.17) is 4.98 Å². The molecule has 1 saturated heterocycles. The molecule has 1 atom stereocenters. The molecule has 29 heavy (non-hydrogen) atoms. The molecule has 1 aliphatic rings. The summed E-state index contributed by atoms with van der Waals surface area (Å²) in [7, 11) is 0. The first-order valence-electron chi connectivity index (χ1n) is 10.0. The fourth-order valence-corrected chi connectivity index (χ4v) is 4.45. The Morgan fingerprint density at radius 3 is 2.72 bits per heavy atom. The second-order valence-electron chi connectivity index (χ2n) is 7.67. The summed E-state index contributed by atoms with van der Waals surface area (Å²) in [5.74, 6) is 1.28. The van der Waals surface area contributed by atoms with Gasteiger partial charge in [0, 0.05) is 32.0 Å². The number of benzene rings is 3. The maximum Gasteiger partial charge on any atom is 0.223 e. The summed E-state index contributed by atoms with van der Waals surface area (Å²) < 4.78 is 2.30. The van der Waals surface area contributed by atoms with Gasteiger partial charge in [-0.3, -0.25) is 4.79 Å². The van der Waals surface area contributed by atoms with E-state index >= 15 is 0 Å². The molecule has 0 bridgehead atoms. The molecule has 1 aliphatic heterocycles. The van der Waals surface area contributed by atoms with E-state index in [0.717, 1.165) is 23.4 Å². The predicted octanol–water partition coefficient (Wildman–Crippen LogP) is 4.74. The highest BCUT2D eigenvalue weighted by atomic mass is 16.2. The van der Waals surface area contributed by atoms with Crippen molar-refractivity contribution in [1.82, 2.24) is 14.5 Å². The number of aromatic nitrogens is 2. The number of rotatable bonds is 5. The highest BCUT2D eigenvalue weighted by Gasteiger charge is 2.33. The van der Waals surface area contributed by atoms with E-state index in [2.05, 4.69) is 71.8 Å². The number of hydrogen-bond acceptors (Lipinski definition) is 2. The minimum Gasteiger partial charge on any atom is -0.338 e. The van der Waals surface area contributed by atoms with Crippen LogP contribution in [0, 0.1) is 0 Å². The molecule has 1 aromatic heterocycles. The molecule has 1 amide bonds. The number of nitrogens with zero attached hydrogens (tertiary/aromatic N) is 3. The first-order valence-corrected chi connectivity index (χ1v) is 10.0. The molecule has 2 heterocycles. The second-order valence-corrected chi connectivity index (χ2v) is 7.67. The highest BCUT2D eigenvalue weighted by Crippen LogP contribution is 2.31. The molecule has 0 aliphatic carbocycles. The summed E-state index contributed by atoms with van der Waals surface area (Å²) >= 11 is 0. The molecule has 0 N–H and O–H groups in total. The number of para-hydroxylation sites is 2. The Morgan fingerprint density at radius 1 is 1.03 bits per heavy atom. The van der Waals surface area contributed by atoms with Crippen LogP contribution in [0.15, 0.2) is 79.4 Å². The Hall–Kier alpha value is -3.40. The fraction of sp³-hybridized carbons (Fsp3) is 0.200. The summed E-state index contributed by atoms with van der Waals surface area (Å²) in [6.45, 7) is 5.81. The van der Waals surface area contributed by atoms with Crippen LogP contribution in [-0.2, 0) is 11.3 Å². The van der Waals surface area contributed by atoms with E-state index in [0.29, 0.717) is 19.5 Å². The molecule has 4 nitrogen and oxygen atoms in total. The van der Waals surface area contributed by atoms with Crippen LogP contribution in [0.1, 0.15) is 23.7 Å². The number of likely N-dealkylation sites (tertiary alicyclic amines) is 1. The molecular formula is C25H23N3O. The molecule has 3 aromatic carbocycles. The lowest BCUT2D eigenvalue weighted by Crippen LogP contribution is -2.25. The minimum absolute atomic E-state index is 0.102. The van der Waals surface area contributed by atoms with E-state index in [-0.39, 0.29) is 11.8 Å². The largest absolute Gasteiger partial charge is 0.338 e. The van der Waals surface area contributed by atoms with Gasteiger partial charge < -0.3 is 9.47 Å². The zero-order valence-electron chi connectivity index (χ0n) is 16.3. The molecule has 0 unspecified atom stereocenters. The average Bonchev–Trinajstić information content (AvgIpc) is 3.29. The van der Waals surface area contributed by atoms with Gasteiger partial charge in [-0.05, 0) is 28.5 Å². The monoisotopic (exact) mass is 381 g/mol. The number of carbonyl (C=O) groups excluding carboxylic acids is 1. The molecule has 144 valence electrons. The zero-order valence-corrected chi connectivity index (χ0v) is 16.3. The van der Waals surface area contributed by atoms with Crippen molar-refractivity contribution in [1.29, 1.82) is 0 Å². The summed E-state index contributed by atoms with van der Waals surface area (Å²) in [5.41, 5.74) is 3.36. The highest BCUT2D eigenvalue weighted by molar-refractivity contribution is 5.86. The van der Waals surface area contributed by atoms with Gasteiger partial charge in [0.05, 0.1) is 11.0 Å². The van der Waals surface area contributed by atoms with Crippen molar-refractivity contribution in [3.63, 3.8) is 0 Å². The van der Waals surface area contributed by atoms with Crippen molar-refractivity contribution in [3.8, 4) is 0 Å². The van der Waals surface area contributed by atoms with Gasteiger partial charge in [-0.15, -0.1) is 6.58 Å². The Bertz CT molecular complexity index is 1220. The molecule has 0 radical (unpaired) electrons. The number of fused-ring (bicyclic) bond motifs is 2. The van der Waals surface area contributed by atoms with Crippen LogP contribution in [0.3, 0.4) is 0 Å². The van der Waals surface area contributed by atoms with Gasteiger partial charge in [0.25, 0.3) is 0 Å². The van der Waals surface area contributed by atoms with Crippen LogP contribution in [-0.4, -0.2) is 33.4 Å². The maximum absolute atomic E-state index is 12.4. The normalized spacial score (nSPS) is 16.8. The van der Waals surface area contributed by atoms with Crippen LogP contribution in [0.25, 0.3) is 21.8 Å². The molecule has 4 aromatic rings. The second kappa shape index (κ2) is 7.21. The summed E-state index contributed by atoms with van der Waals surface area (Å²) in [5, 5.41) is 2.50. The molecule has 0 spiro atoms. The molecule has 4 heteroatoms. The fourth-order valence-electron chi connectivity index (χ4n) is 4.45. The third-order valence-electron chi connectivity index (χ3n) is 5.82. The summed E-state index contributed by atoms with van der Waals surface area (Å²) in [4.78, 5) is 19.3. The summed E-state index contributed by atoms with van der Waals surface area (Å²) in [6, 6.07) is 23.2. The Balaban J connectivity index is 1.60. The van der Waals surface area contributed by atoms with Crippen molar-refractivity contribution in [2.24, 2.45) is 0 Å². The lowest BCUT2D eigenvalue weighted by Gasteiger charge is -2.16. The van der Waals surface area contributed by atoms with E-state index in [1.54, 1.807) is 6.08 Å². The number of amides is 1. The van der Waals surface area contributed by atoms with E-state index in [1.165, 1.54) is 16.3 Å². The standard InChI is InChI=1S/C25H23N3O/c1-2-14-27-16-20(15-24(27)29)25-26-22-12-5-6-13-23(22)28(25)17-19-10-7-9-18-8-3-4-11-21(18)19/h2-13,20H,1,14-17H2/t20-/m1/s1. The van der Waals surface area contributed by atoms with Crippen molar-refractivity contribution < 1.29 is 4.79 Å². The van der Waals surface area contributed by atoms with Crippen LogP contribution in [0.2, 0.25) is 0 Å². The summed E-state index contributed by atoms with van der Waals surface area (Å²) in [6.07, 6.45) is 2.30. The van der Waals surface area contributed by atoms with Crippen LogP contribution >= 0.6 is 0 Å². The first-order chi connectivity index (χ1) is 14.2. The van der Waals surface area contributed by atoms with Crippen LogP contribution in [0.4, 0.5) is 0 Å². The lowest BCUT2D eigenvalue weighted by atomic mass is 10.0. The van der Waals surface area contributed by atoms with Crippen molar-refractivity contribution in [2.45, 2.75) is 18.9 Å². The third kappa shape index (κ3) is 3.11. The van der Waals surface area contributed by atoms with E-state index in [1.807, 2.05) is 11.0 Å². The topological polar surface area (TPSA) is 38.1 Å². The number of carbonyl (C=O) groups is 1. The van der Waals surface area contributed by atoms with Crippen LogP contribution in [0.5, 0.6) is 0 Å². The van der Waals surface area contributed by atoms with E-state index < -0.39 is 0 Å². The Labute approximate surface area is 170 Å². The molecular weight excluding hydrogens is 358 g/mol. The van der Waals surface area contributed by atoms with Gasteiger partial charge in [0.1, 0.15) is 5.82 Å². The zero-order chi connectivity index (χ0) is 19.8. The van der Waals surface area contributed by atoms with Gasteiger partial charge in [-0.25, -0.2) is 4.98 Å². The van der Waals surface area contributed by atoms with Gasteiger partial charge >= 0.3 is 0 Å². The van der Waals surface area contributed by atoms with Gasteiger partial charge in [-0.1, -0.05) is 60.7 Å². The molecule has 5 rings (SSSR count). The molecule has 0 saturated carbocycles. The Kier molecular flexibility index (Phi) is 4.39. The quantitative estimate of drug-likeness (QED) is 0.468. The third-order valence-corrected chi connectivity index (χ3v) is 5.82. The van der Waals surface area contributed by atoms with Gasteiger partial charge in [-0.2, -0.15) is 0 Å². The number of hydrogen-bond donors (Lipinski definition) is 0. The first kappa shape index (κ1) is 17.7. The minimum atomic E-state index is 0.102. The van der Waals surface area contributed by atoms with Crippen LogP contribution < -0.4 is 0 Å². The molecule has 1 fully saturated rings. The van der Waals surface area contributed by atoms with E-state index in [9.17, 15) is 4.79 Å². The number of imidazole rings is 1. The van der Waals surface area contributed by atoms with Gasteiger partial charge in [0.2, 0.25) is 5.91 Å². The average molecular weight is 381 g/mol. The van der Waals surface area contributed by atoms with Crippen molar-refractivity contribution in [2.75, 3.05) is 13.1 Å². The van der Waals surface area contributed by atoms with Crippen molar-refractivity contribution in [3.05, 3.63) is 90.8 Å². The predicted molar refractivity (Wildman–Crippen MR) is 117 cm³/mol. The lowest BCUT2D eigenvalue weighted by molar-refractivity contribution is -0.127. The SMILES string of the molecule is C=CCN1C[C@H](c2nc3ccccc3n2Cc2cccc3ccccc23)CC1=O. The Morgan fingerprint density at radius 2 is 1.83 bits per heavy atom. The smallest absolute Gasteiger partial charge is 0.223 e. The van der Waals surface area contributed by atoms with Gasteiger partial charge in [0.15, 0.2) is 0 Å².